The van der Waals surface area contributed by atoms with Gasteiger partial charge in [-0.15, -0.1) is 0 Å². The zero-order valence-corrected chi connectivity index (χ0v) is 21.4. The van der Waals surface area contributed by atoms with E-state index in [4.69, 9.17) is 22.1 Å². The van der Waals surface area contributed by atoms with Crippen molar-refractivity contribution in [3.8, 4) is 17.1 Å². The SMILES string of the molecule is CC(Oc1nc(-c2ccc(NS(=O)(=O)CCN3CC[C@@H](O)C3)cc2)cnc1N)c1c(F)ccc(F)c1Cl. The van der Waals surface area contributed by atoms with Crippen molar-refractivity contribution in [1.82, 2.24) is 14.9 Å². The lowest BCUT2D eigenvalue weighted by Gasteiger charge is -2.18. The number of hydrogen-bond donors (Lipinski definition) is 3. The van der Waals surface area contributed by atoms with E-state index < -0.39 is 38.9 Å². The molecule has 0 saturated carbocycles. The summed E-state index contributed by atoms with van der Waals surface area (Å²) in [7, 11) is -3.59. The molecule has 1 aromatic heterocycles. The first-order valence-electron chi connectivity index (χ1n) is 11.5. The summed E-state index contributed by atoms with van der Waals surface area (Å²) in [4.78, 5) is 10.3. The lowest BCUT2D eigenvalue weighted by Crippen LogP contribution is -2.30. The van der Waals surface area contributed by atoms with Crippen LogP contribution < -0.4 is 15.2 Å². The molecule has 37 heavy (non-hydrogen) atoms. The highest BCUT2D eigenvalue weighted by Gasteiger charge is 2.23. The Bertz CT molecular complexity index is 1380. The summed E-state index contributed by atoms with van der Waals surface area (Å²) < 4.78 is 61.2. The summed E-state index contributed by atoms with van der Waals surface area (Å²) >= 11 is 5.92. The van der Waals surface area contributed by atoms with Gasteiger partial charge in [0.1, 0.15) is 17.7 Å². The lowest BCUT2D eigenvalue weighted by molar-refractivity contribution is 0.178. The number of β-amino-alcohol motifs (C(OH)–C–C–N with tert-alkyl or cyclic N) is 1. The zero-order chi connectivity index (χ0) is 26.7. The minimum absolute atomic E-state index is 0.0570. The largest absolute Gasteiger partial charge is 0.467 e. The number of aliphatic hydroxyl groups is 1. The van der Waals surface area contributed by atoms with Crippen molar-refractivity contribution < 1.29 is 27.0 Å². The quantitative estimate of drug-likeness (QED) is 0.343. The number of sulfonamides is 1. The first kappa shape index (κ1) is 27.0. The number of hydrogen-bond acceptors (Lipinski definition) is 8. The van der Waals surface area contributed by atoms with E-state index in [-0.39, 0.29) is 23.0 Å². The highest BCUT2D eigenvalue weighted by atomic mass is 35.5. The van der Waals surface area contributed by atoms with Gasteiger partial charge in [-0.1, -0.05) is 23.7 Å². The maximum Gasteiger partial charge on any atom is 0.258 e. The number of benzene rings is 2. The van der Waals surface area contributed by atoms with Crippen molar-refractivity contribution in [2.24, 2.45) is 0 Å². The second-order valence-electron chi connectivity index (χ2n) is 8.70. The molecule has 0 amide bonds. The maximum atomic E-state index is 14.3. The Hall–Kier alpha value is -3.06. The Labute approximate surface area is 218 Å². The molecule has 0 bridgehead atoms. The van der Waals surface area contributed by atoms with Gasteiger partial charge in [0, 0.05) is 36.4 Å². The number of aromatic nitrogens is 2. The fourth-order valence-electron chi connectivity index (χ4n) is 3.95. The summed E-state index contributed by atoms with van der Waals surface area (Å²) in [6.07, 6.45) is 0.626. The molecule has 9 nitrogen and oxygen atoms in total. The van der Waals surface area contributed by atoms with Gasteiger partial charge in [0.25, 0.3) is 5.88 Å². The van der Waals surface area contributed by atoms with Gasteiger partial charge in [-0.05, 0) is 37.6 Å². The highest BCUT2D eigenvalue weighted by Crippen LogP contribution is 2.33. The molecule has 1 saturated heterocycles. The van der Waals surface area contributed by atoms with Gasteiger partial charge in [0.2, 0.25) is 10.0 Å². The summed E-state index contributed by atoms with van der Waals surface area (Å²) in [5, 5.41) is 9.18. The standard InChI is InChI=1S/C24H26ClF2N5O4S/c1-14(21-18(26)6-7-19(27)22(21)25)36-24-23(28)29-12-20(30-24)15-2-4-16(5-3-15)31-37(34,35)11-10-32-9-8-17(33)13-32/h2-7,12,14,17,31,33H,8-11,13H2,1H3,(H2,28,29)/t14?,17-/m1/s1. The molecule has 0 spiro atoms. The van der Waals surface area contributed by atoms with Crippen molar-refractivity contribution in [2.75, 3.05) is 35.8 Å². The Balaban J connectivity index is 1.45. The Kier molecular flexibility index (Phi) is 8.12. The van der Waals surface area contributed by atoms with E-state index >= 15 is 0 Å². The predicted molar refractivity (Wildman–Crippen MR) is 137 cm³/mol. The van der Waals surface area contributed by atoms with Crippen LogP contribution in [0, 0.1) is 11.6 Å². The molecule has 2 heterocycles. The number of nitrogen functional groups attached to an aromatic ring is 1. The molecular weight excluding hydrogens is 528 g/mol. The van der Waals surface area contributed by atoms with Crippen molar-refractivity contribution in [3.05, 3.63) is 64.8 Å². The third-order valence-electron chi connectivity index (χ3n) is 5.92. The Morgan fingerprint density at radius 1 is 1.24 bits per heavy atom. The smallest absolute Gasteiger partial charge is 0.258 e. The lowest BCUT2D eigenvalue weighted by atomic mass is 10.1. The van der Waals surface area contributed by atoms with Crippen LogP contribution in [0.25, 0.3) is 11.3 Å². The number of nitrogens with two attached hydrogens (primary N) is 1. The molecule has 13 heteroatoms. The molecule has 4 rings (SSSR count). The number of halogens is 3. The van der Waals surface area contributed by atoms with Crippen LogP contribution in [0.1, 0.15) is 25.0 Å². The molecule has 0 radical (unpaired) electrons. The minimum Gasteiger partial charge on any atom is -0.467 e. The van der Waals surface area contributed by atoms with E-state index in [2.05, 4.69) is 14.7 Å². The first-order valence-corrected chi connectivity index (χ1v) is 13.5. The fraction of sp³-hybridized carbons (Fsp3) is 0.333. The topological polar surface area (TPSA) is 131 Å². The molecular formula is C24H26ClF2N5O4S. The number of anilines is 2. The molecule has 4 N–H and O–H groups in total. The van der Waals surface area contributed by atoms with Crippen LogP contribution in [0.3, 0.4) is 0 Å². The van der Waals surface area contributed by atoms with Crippen molar-refractivity contribution in [2.45, 2.75) is 25.6 Å². The first-order chi connectivity index (χ1) is 17.5. The molecule has 1 unspecified atom stereocenters. The monoisotopic (exact) mass is 553 g/mol. The van der Waals surface area contributed by atoms with Gasteiger partial charge in [-0.25, -0.2) is 27.2 Å². The summed E-state index contributed by atoms with van der Waals surface area (Å²) in [6, 6.07) is 8.32. The van der Waals surface area contributed by atoms with Crippen LogP contribution in [-0.2, 0) is 10.0 Å². The van der Waals surface area contributed by atoms with Crippen molar-refractivity contribution in [3.63, 3.8) is 0 Å². The van der Waals surface area contributed by atoms with E-state index in [1.807, 2.05) is 4.90 Å². The predicted octanol–water partition coefficient (Wildman–Crippen LogP) is 3.61. The van der Waals surface area contributed by atoms with Crippen LogP contribution in [0.15, 0.2) is 42.6 Å². The Morgan fingerprint density at radius 3 is 2.62 bits per heavy atom. The van der Waals surface area contributed by atoms with Gasteiger partial charge in [0.05, 0.1) is 28.8 Å². The van der Waals surface area contributed by atoms with Crippen LogP contribution in [0.5, 0.6) is 5.88 Å². The van der Waals surface area contributed by atoms with Gasteiger partial charge in [-0.2, -0.15) is 0 Å². The normalized spacial score (nSPS) is 17.1. The Morgan fingerprint density at radius 2 is 1.95 bits per heavy atom. The van der Waals surface area contributed by atoms with Crippen LogP contribution in [-0.4, -0.2) is 59.9 Å². The van der Waals surface area contributed by atoms with Crippen LogP contribution >= 0.6 is 11.6 Å². The molecule has 1 aliphatic rings. The fourth-order valence-corrected chi connectivity index (χ4v) is 5.36. The number of aliphatic hydroxyl groups excluding tert-OH is 1. The number of nitrogens with one attached hydrogen (secondary N) is 1. The van der Waals surface area contributed by atoms with Gasteiger partial charge in [-0.3, -0.25) is 9.62 Å². The minimum atomic E-state index is -3.59. The number of likely N-dealkylation sites (tertiary alicyclic amines) is 1. The highest BCUT2D eigenvalue weighted by molar-refractivity contribution is 7.92. The van der Waals surface area contributed by atoms with E-state index in [1.165, 1.54) is 13.1 Å². The van der Waals surface area contributed by atoms with E-state index in [0.29, 0.717) is 43.0 Å². The van der Waals surface area contributed by atoms with Gasteiger partial charge in [0.15, 0.2) is 5.82 Å². The third kappa shape index (κ3) is 6.63. The molecule has 2 atom stereocenters. The number of nitrogens with zero attached hydrogens (tertiary/aromatic N) is 3. The van der Waals surface area contributed by atoms with Crippen LogP contribution in [0.4, 0.5) is 20.3 Å². The van der Waals surface area contributed by atoms with E-state index in [1.54, 1.807) is 24.3 Å². The number of rotatable bonds is 9. The van der Waals surface area contributed by atoms with Crippen molar-refractivity contribution in [1.29, 1.82) is 0 Å². The molecule has 1 fully saturated rings. The summed E-state index contributed by atoms with van der Waals surface area (Å²) in [5.41, 5.74) is 7.03. The molecule has 2 aromatic carbocycles. The second-order valence-corrected chi connectivity index (χ2v) is 10.9. The number of ether oxygens (including phenoxy) is 1. The molecule has 3 aromatic rings. The zero-order valence-electron chi connectivity index (χ0n) is 19.9. The van der Waals surface area contributed by atoms with E-state index in [0.717, 1.165) is 12.1 Å². The van der Waals surface area contributed by atoms with Gasteiger partial charge < -0.3 is 15.6 Å². The van der Waals surface area contributed by atoms with E-state index in [9.17, 15) is 22.3 Å². The van der Waals surface area contributed by atoms with Gasteiger partial charge >= 0.3 is 0 Å². The summed E-state index contributed by atoms with van der Waals surface area (Å²) in [6.45, 7) is 2.95. The average molecular weight is 554 g/mol. The maximum absolute atomic E-state index is 14.3. The molecule has 0 aliphatic carbocycles. The summed E-state index contributed by atoms with van der Waals surface area (Å²) in [5.74, 6) is -1.77. The third-order valence-corrected chi connectivity index (χ3v) is 7.57. The van der Waals surface area contributed by atoms with Crippen molar-refractivity contribution >= 4 is 33.1 Å². The molecule has 1 aliphatic heterocycles. The molecule has 198 valence electrons. The van der Waals surface area contributed by atoms with Crippen LogP contribution in [0.2, 0.25) is 5.02 Å². The average Bonchev–Trinajstić information content (AvgIpc) is 3.27. The second kappa shape index (κ2) is 11.1.